The fraction of sp³-hybridized carbons (Fsp3) is 0.0667. The third-order valence-corrected chi connectivity index (χ3v) is 4.10. The second-order valence-corrected chi connectivity index (χ2v) is 5.85. The highest BCUT2D eigenvalue weighted by Gasteiger charge is 2.09. The maximum absolute atomic E-state index is 5.81. The van der Waals surface area contributed by atoms with Gasteiger partial charge in [-0.2, -0.15) is 0 Å². The highest BCUT2D eigenvalue weighted by atomic mass is 32.1. The molecule has 0 aliphatic carbocycles. The monoisotopic (exact) mass is 299 g/mol. The van der Waals surface area contributed by atoms with Gasteiger partial charge in [0.25, 0.3) is 0 Å². The summed E-state index contributed by atoms with van der Waals surface area (Å²) in [7, 11) is 0. The van der Waals surface area contributed by atoms with Crippen molar-refractivity contribution in [3.8, 4) is 0 Å². The molecule has 2 heterocycles. The van der Waals surface area contributed by atoms with E-state index in [0.29, 0.717) is 4.99 Å². The molecule has 0 aliphatic rings. The van der Waals surface area contributed by atoms with Gasteiger partial charge in [-0.3, -0.25) is 0 Å². The number of thiophene rings is 1. The van der Waals surface area contributed by atoms with Crippen LogP contribution >= 0.6 is 23.6 Å². The SMILES string of the molecule is NC(=S)c1cc2ccccc2nc1NCc1cccs1. The number of nitrogens with one attached hydrogen (secondary N) is 1. The molecule has 0 saturated carbocycles. The lowest BCUT2D eigenvalue weighted by Gasteiger charge is -2.11. The zero-order chi connectivity index (χ0) is 13.9. The molecule has 0 radical (unpaired) electrons. The molecule has 3 aromatic rings. The minimum atomic E-state index is 0.358. The van der Waals surface area contributed by atoms with Crippen LogP contribution in [-0.4, -0.2) is 9.97 Å². The van der Waals surface area contributed by atoms with E-state index in [-0.39, 0.29) is 0 Å². The number of hydrogen-bond donors (Lipinski definition) is 2. The van der Waals surface area contributed by atoms with Crippen molar-refractivity contribution in [2.24, 2.45) is 5.73 Å². The number of aromatic nitrogens is 1. The van der Waals surface area contributed by atoms with E-state index < -0.39 is 0 Å². The average Bonchev–Trinajstić information content (AvgIpc) is 2.97. The normalized spacial score (nSPS) is 10.6. The molecule has 0 spiro atoms. The number of anilines is 1. The number of fused-ring (bicyclic) bond motifs is 1. The van der Waals surface area contributed by atoms with Crippen LogP contribution in [0, 0.1) is 0 Å². The Balaban J connectivity index is 1.98. The first-order valence-electron chi connectivity index (χ1n) is 6.20. The minimum absolute atomic E-state index is 0.358. The molecule has 3 nitrogen and oxygen atoms in total. The highest BCUT2D eigenvalue weighted by Crippen LogP contribution is 2.21. The van der Waals surface area contributed by atoms with E-state index in [1.165, 1.54) is 4.88 Å². The molecule has 0 amide bonds. The molecule has 0 unspecified atom stereocenters. The molecule has 0 aliphatic heterocycles. The van der Waals surface area contributed by atoms with Gasteiger partial charge in [0.1, 0.15) is 10.8 Å². The van der Waals surface area contributed by atoms with Gasteiger partial charge in [0.05, 0.1) is 17.6 Å². The summed E-state index contributed by atoms with van der Waals surface area (Å²) >= 11 is 6.83. The maximum Gasteiger partial charge on any atom is 0.137 e. The Bertz CT molecular complexity index is 751. The molecule has 3 N–H and O–H groups in total. The third-order valence-electron chi connectivity index (χ3n) is 3.00. The number of hydrogen-bond acceptors (Lipinski definition) is 4. The van der Waals surface area contributed by atoms with Crippen molar-refractivity contribution in [3.63, 3.8) is 0 Å². The number of para-hydroxylation sites is 1. The summed E-state index contributed by atoms with van der Waals surface area (Å²) in [5.41, 5.74) is 7.53. The first-order valence-corrected chi connectivity index (χ1v) is 7.48. The predicted molar refractivity (Wildman–Crippen MR) is 89.3 cm³/mol. The summed E-state index contributed by atoms with van der Waals surface area (Å²) in [6.07, 6.45) is 0. The Morgan fingerprint density at radius 2 is 2.10 bits per heavy atom. The Kier molecular flexibility index (Phi) is 3.62. The number of thiocarbonyl (C=S) groups is 1. The Morgan fingerprint density at radius 1 is 1.25 bits per heavy atom. The first kappa shape index (κ1) is 13.0. The van der Waals surface area contributed by atoms with Crippen LogP contribution < -0.4 is 11.1 Å². The molecular weight excluding hydrogens is 286 g/mol. The molecule has 2 aromatic heterocycles. The zero-order valence-corrected chi connectivity index (χ0v) is 12.3. The summed E-state index contributed by atoms with van der Waals surface area (Å²) in [5.74, 6) is 0.740. The molecule has 20 heavy (non-hydrogen) atoms. The minimum Gasteiger partial charge on any atom is -0.389 e. The Labute approximate surface area is 126 Å². The number of nitrogens with zero attached hydrogens (tertiary/aromatic N) is 1. The van der Waals surface area contributed by atoms with Crippen LogP contribution in [0.5, 0.6) is 0 Å². The Morgan fingerprint density at radius 3 is 2.85 bits per heavy atom. The van der Waals surface area contributed by atoms with E-state index in [9.17, 15) is 0 Å². The van der Waals surface area contributed by atoms with Gasteiger partial charge < -0.3 is 11.1 Å². The number of pyridine rings is 1. The largest absolute Gasteiger partial charge is 0.389 e. The van der Waals surface area contributed by atoms with Gasteiger partial charge in [0.2, 0.25) is 0 Å². The van der Waals surface area contributed by atoms with Crippen LogP contribution in [0.15, 0.2) is 47.8 Å². The van der Waals surface area contributed by atoms with E-state index in [2.05, 4.69) is 21.7 Å². The number of nitrogens with two attached hydrogens (primary N) is 1. The summed E-state index contributed by atoms with van der Waals surface area (Å²) in [4.78, 5) is 6.22. The summed E-state index contributed by atoms with van der Waals surface area (Å²) in [5, 5.41) is 6.41. The predicted octanol–water partition coefficient (Wildman–Crippen LogP) is 3.54. The van der Waals surface area contributed by atoms with Crippen LogP contribution in [0.1, 0.15) is 10.4 Å². The standard InChI is InChI=1S/C15H13N3S2/c16-14(19)12-8-10-4-1-2-6-13(10)18-15(12)17-9-11-5-3-7-20-11/h1-8H,9H2,(H2,16,19)(H,17,18). The summed E-state index contributed by atoms with van der Waals surface area (Å²) in [6.45, 7) is 0.721. The molecular formula is C15H13N3S2. The van der Waals surface area contributed by atoms with Crippen molar-refractivity contribution in [3.05, 3.63) is 58.3 Å². The van der Waals surface area contributed by atoms with Crippen LogP contribution in [0.4, 0.5) is 5.82 Å². The third kappa shape index (κ3) is 2.64. The van der Waals surface area contributed by atoms with Crippen LogP contribution in [0.2, 0.25) is 0 Å². The van der Waals surface area contributed by atoms with Gasteiger partial charge in [-0.15, -0.1) is 11.3 Å². The average molecular weight is 299 g/mol. The number of benzene rings is 1. The van der Waals surface area contributed by atoms with Crippen LogP contribution in [-0.2, 0) is 6.54 Å². The van der Waals surface area contributed by atoms with Gasteiger partial charge in [-0.25, -0.2) is 4.98 Å². The molecule has 0 atom stereocenters. The van der Waals surface area contributed by atoms with Crippen LogP contribution in [0.3, 0.4) is 0 Å². The van der Waals surface area contributed by atoms with Crippen molar-refractivity contribution in [2.75, 3.05) is 5.32 Å². The first-order chi connectivity index (χ1) is 9.74. The molecule has 100 valence electrons. The zero-order valence-electron chi connectivity index (χ0n) is 10.7. The molecule has 1 aromatic carbocycles. The molecule has 3 rings (SSSR count). The van der Waals surface area contributed by atoms with Crippen molar-refractivity contribution < 1.29 is 0 Å². The molecule has 0 bridgehead atoms. The van der Waals surface area contributed by atoms with Crippen molar-refractivity contribution in [1.82, 2.24) is 4.98 Å². The maximum atomic E-state index is 5.81. The van der Waals surface area contributed by atoms with E-state index in [4.69, 9.17) is 18.0 Å². The lowest BCUT2D eigenvalue weighted by Crippen LogP contribution is -2.14. The molecule has 0 saturated heterocycles. The number of rotatable bonds is 4. The second kappa shape index (κ2) is 5.56. The van der Waals surface area contributed by atoms with Gasteiger partial charge >= 0.3 is 0 Å². The van der Waals surface area contributed by atoms with Gasteiger partial charge in [-0.05, 0) is 23.6 Å². The lowest BCUT2D eigenvalue weighted by atomic mass is 10.1. The van der Waals surface area contributed by atoms with Crippen LogP contribution in [0.25, 0.3) is 10.9 Å². The quantitative estimate of drug-likeness (QED) is 0.723. The van der Waals surface area contributed by atoms with Crippen molar-refractivity contribution in [2.45, 2.75) is 6.54 Å². The molecule has 0 fully saturated rings. The van der Waals surface area contributed by atoms with Gasteiger partial charge in [0.15, 0.2) is 0 Å². The summed E-state index contributed by atoms with van der Waals surface area (Å²) in [6, 6.07) is 14.0. The van der Waals surface area contributed by atoms with E-state index in [1.54, 1.807) is 11.3 Å². The highest BCUT2D eigenvalue weighted by molar-refractivity contribution is 7.80. The Hall–Kier alpha value is -1.98. The summed E-state index contributed by atoms with van der Waals surface area (Å²) < 4.78 is 0. The van der Waals surface area contributed by atoms with Crippen molar-refractivity contribution in [1.29, 1.82) is 0 Å². The van der Waals surface area contributed by atoms with Gasteiger partial charge in [0, 0.05) is 10.3 Å². The molecule has 5 heteroatoms. The van der Waals surface area contributed by atoms with E-state index >= 15 is 0 Å². The van der Waals surface area contributed by atoms with E-state index in [0.717, 1.165) is 28.8 Å². The topological polar surface area (TPSA) is 50.9 Å². The fourth-order valence-electron chi connectivity index (χ4n) is 2.02. The fourth-order valence-corrected chi connectivity index (χ4v) is 2.82. The van der Waals surface area contributed by atoms with E-state index in [1.807, 2.05) is 36.4 Å². The smallest absolute Gasteiger partial charge is 0.137 e. The van der Waals surface area contributed by atoms with Crippen molar-refractivity contribution >= 4 is 45.3 Å². The van der Waals surface area contributed by atoms with Gasteiger partial charge in [-0.1, -0.05) is 36.5 Å². The lowest BCUT2D eigenvalue weighted by molar-refractivity contribution is 1.15. The second-order valence-electron chi connectivity index (χ2n) is 4.37.